The van der Waals surface area contributed by atoms with Crippen molar-refractivity contribution in [2.45, 2.75) is 32.7 Å². The number of aromatic nitrogens is 2. The number of para-hydroxylation sites is 1. The summed E-state index contributed by atoms with van der Waals surface area (Å²) in [4.78, 5) is 22.2. The van der Waals surface area contributed by atoms with Crippen LogP contribution in [-0.2, 0) is 0 Å². The second kappa shape index (κ2) is 6.75. The zero-order valence-electron chi connectivity index (χ0n) is 15.7. The normalized spacial score (nSPS) is 20.4. The van der Waals surface area contributed by atoms with Gasteiger partial charge >= 0.3 is 0 Å². The monoisotopic (exact) mass is 338 g/mol. The summed E-state index contributed by atoms with van der Waals surface area (Å²) in [6, 6.07) is 7.52. The maximum atomic E-state index is 13.2. The first kappa shape index (κ1) is 17.3. The summed E-state index contributed by atoms with van der Waals surface area (Å²) in [6.45, 7) is 4.24. The molecule has 1 aromatic heterocycles. The number of benzene rings is 1. The molecule has 5 heteroatoms. The van der Waals surface area contributed by atoms with Crippen molar-refractivity contribution in [3.8, 4) is 0 Å². The van der Waals surface area contributed by atoms with Gasteiger partial charge in [-0.2, -0.15) is 0 Å². The quantitative estimate of drug-likeness (QED) is 0.859. The molecule has 1 aliphatic rings. The summed E-state index contributed by atoms with van der Waals surface area (Å²) in [5.74, 6) is 0.723. The van der Waals surface area contributed by atoms with E-state index in [0.29, 0.717) is 5.39 Å². The second-order valence-electron chi connectivity index (χ2n) is 6.76. The Hall–Kier alpha value is -2.56. The molecular weight excluding hydrogens is 312 g/mol. The fourth-order valence-electron chi connectivity index (χ4n) is 3.38. The molecule has 0 aliphatic carbocycles. The van der Waals surface area contributed by atoms with Crippen LogP contribution in [0.4, 0.5) is 0 Å². The average molecular weight is 338 g/mol. The number of hydrogen-bond donors (Lipinski definition) is 0. The largest absolute Gasteiger partial charge is 0.382 e. The molecule has 0 saturated carbocycles. The minimum absolute atomic E-state index is 0.0215. The van der Waals surface area contributed by atoms with Crippen molar-refractivity contribution in [2.24, 2.45) is 0 Å². The number of hydrogen-bond acceptors (Lipinski definition) is 4. The number of unbranched alkanes of at least 4 members (excludes halogenated alkanes) is 1. The third-order valence-corrected chi connectivity index (χ3v) is 4.62. The van der Waals surface area contributed by atoms with Gasteiger partial charge in [-0.25, -0.2) is 4.98 Å². The van der Waals surface area contributed by atoms with Gasteiger partial charge in [0.2, 0.25) is 0 Å². The fraction of sp³-hybridized carbons (Fsp3) is 0.400. The van der Waals surface area contributed by atoms with Gasteiger partial charge in [-0.05, 0) is 25.5 Å². The standard InChI is InChI=1S/C20H26N4O/c1-6-7-12-17-14(2)24-19(18(23(17)5)13-22(3)4)21-16-11-9-8-10-15(16)20(24)25/h8-14H,6-7H2,1-5H3/b17-12+,18-13-/t14-/m0/s1. The van der Waals surface area contributed by atoms with Crippen LogP contribution < -0.4 is 5.56 Å². The topological polar surface area (TPSA) is 41.4 Å². The molecule has 1 aliphatic heterocycles. The van der Waals surface area contributed by atoms with E-state index in [1.807, 2.05) is 54.0 Å². The lowest BCUT2D eigenvalue weighted by molar-refractivity contribution is 0.410. The van der Waals surface area contributed by atoms with Crippen molar-refractivity contribution >= 4 is 16.6 Å². The van der Waals surface area contributed by atoms with Crippen molar-refractivity contribution in [1.29, 1.82) is 0 Å². The van der Waals surface area contributed by atoms with Crippen molar-refractivity contribution < 1.29 is 0 Å². The molecule has 132 valence electrons. The molecule has 0 radical (unpaired) electrons. The molecule has 25 heavy (non-hydrogen) atoms. The molecule has 0 saturated heterocycles. The molecule has 0 spiro atoms. The van der Waals surface area contributed by atoms with Gasteiger partial charge in [0.25, 0.3) is 5.56 Å². The van der Waals surface area contributed by atoms with Crippen LogP contribution >= 0.6 is 0 Å². The molecule has 0 amide bonds. The van der Waals surface area contributed by atoms with E-state index in [-0.39, 0.29) is 11.6 Å². The molecule has 2 aromatic rings. The lowest BCUT2D eigenvalue weighted by atomic mass is 10.1. The van der Waals surface area contributed by atoms with E-state index in [1.54, 1.807) is 0 Å². The maximum Gasteiger partial charge on any atom is 0.262 e. The Labute approximate surface area is 148 Å². The molecule has 0 N–H and O–H groups in total. The highest BCUT2D eigenvalue weighted by Gasteiger charge is 2.31. The van der Waals surface area contributed by atoms with E-state index in [0.717, 1.165) is 35.6 Å². The number of fused-ring (bicyclic) bond motifs is 2. The van der Waals surface area contributed by atoms with Crippen molar-refractivity contribution in [2.75, 3.05) is 21.1 Å². The van der Waals surface area contributed by atoms with Gasteiger partial charge in [0.15, 0.2) is 5.82 Å². The highest BCUT2D eigenvalue weighted by Crippen LogP contribution is 2.34. The summed E-state index contributed by atoms with van der Waals surface area (Å²) < 4.78 is 1.83. The van der Waals surface area contributed by atoms with Crippen LogP contribution in [0.3, 0.4) is 0 Å². The Kier molecular flexibility index (Phi) is 4.66. The number of likely N-dealkylation sites (N-methyl/N-ethyl adjacent to an activating group) is 1. The molecule has 5 nitrogen and oxygen atoms in total. The summed E-state index contributed by atoms with van der Waals surface area (Å²) in [7, 11) is 6.02. The molecule has 3 rings (SSSR count). The highest BCUT2D eigenvalue weighted by atomic mass is 16.1. The number of rotatable bonds is 3. The van der Waals surface area contributed by atoms with E-state index in [1.165, 1.54) is 0 Å². The van der Waals surface area contributed by atoms with Crippen molar-refractivity contribution in [3.63, 3.8) is 0 Å². The summed E-state index contributed by atoms with van der Waals surface area (Å²) >= 11 is 0. The first-order chi connectivity index (χ1) is 12.0. The SMILES string of the molecule is CCC/C=C1\[C@H](C)n2c(nc3ccccc3c2=O)/C(=C/N(C)C)N1C. The lowest BCUT2D eigenvalue weighted by Crippen LogP contribution is -2.39. The van der Waals surface area contributed by atoms with E-state index >= 15 is 0 Å². The van der Waals surface area contributed by atoms with Gasteiger partial charge in [0.1, 0.15) is 5.70 Å². The fourth-order valence-corrected chi connectivity index (χ4v) is 3.38. The predicted molar refractivity (Wildman–Crippen MR) is 103 cm³/mol. The first-order valence-corrected chi connectivity index (χ1v) is 8.79. The maximum absolute atomic E-state index is 13.2. The van der Waals surface area contributed by atoms with Gasteiger partial charge in [0, 0.05) is 33.0 Å². The molecule has 2 heterocycles. The van der Waals surface area contributed by atoms with Gasteiger partial charge < -0.3 is 9.80 Å². The third-order valence-electron chi connectivity index (χ3n) is 4.62. The van der Waals surface area contributed by atoms with E-state index in [4.69, 9.17) is 4.98 Å². The molecule has 1 atom stereocenters. The molecule has 0 unspecified atom stereocenters. The Morgan fingerprint density at radius 1 is 1.28 bits per heavy atom. The minimum atomic E-state index is -0.0459. The zero-order chi connectivity index (χ0) is 18.1. The smallest absolute Gasteiger partial charge is 0.262 e. The third kappa shape index (κ3) is 2.95. The van der Waals surface area contributed by atoms with Gasteiger partial charge in [-0.15, -0.1) is 0 Å². The van der Waals surface area contributed by atoms with E-state index in [2.05, 4.69) is 31.9 Å². The van der Waals surface area contributed by atoms with Gasteiger partial charge in [-0.3, -0.25) is 9.36 Å². The van der Waals surface area contributed by atoms with Crippen LogP contribution in [0.5, 0.6) is 0 Å². The molecular formula is C20H26N4O. The Bertz CT molecular complexity index is 908. The van der Waals surface area contributed by atoms with Crippen molar-refractivity contribution in [1.82, 2.24) is 19.4 Å². The van der Waals surface area contributed by atoms with Gasteiger partial charge in [-0.1, -0.05) is 31.6 Å². The first-order valence-electron chi connectivity index (χ1n) is 8.79. The Morgan fingerprint density at radius 2 is 2.00 bits per heavy atom. The van der Waals surface area contributed by atoms with E-state index < -0.39 is 0 Å². The predicted octanol–water partition coefficient (Wildman–Crippen LogP) is 3.45. The summed E-state index contributed by atoms with van der Waals surface area (Å²) in [5, 5.41) is 0.668. The molecule has 0 bridgehead atoms. The summed E-state index contributed by atoms with van der Waals surface area (Å²) in [6.07, 6.45) is 6.33. The van der Waals surface area contributed by atoms with Crippen LogP contribution in [0.1, 0.15) is 38.6 Å². The van der Waals surface area contributed by atoms with Crippen LogP contribution in [0.15, 0.2) is 47.0 Å². The Morgan fingerprint density at radius 3 is 2.68 bits per heavy atom. The van der Waals surface area contributed by atoms with Crippen molar-refractivity contribution in [3.05, 3.63) is 58.4 Å². The summed E-state index contributed by atoms with van der Waals surface area (Å²) in [5.41, 5.74) is 2.84. The molecule has 0 fully saturated rings. The number of nitrogens with zero attached hydrogens (tertiary/aromatic N) is 4. The van der Waals surface area contributed by atoms with Crippen LogP contribution in [0.2, 0.25) is 0 Å². The van der Waals surface area contributed by atoms with Crippen LogP contribution in [0, 0.1) is 0 Å². The second-order valence-corrected chi connectivity index (χ2v) is 6.76. The minimum Gasteiger partial charge on any atom is -0.382 e. The van der Waals surface area contributed by atoms with Crippen LogP contribution in [-0.4, -0.2) is 40.5 Å². The highest BCUT2D eigenvalue weighted by molar-refractivity contribution is 5.79. The number of allylic oxidation sites excluding steroid dienone is 2. The van der Waals surface area contributed by atoms with E-state index in [9.17, 15) is 4.79 Å². The van der Waals surface area contributed by atoms with Gasteiger partial charge in [0.05, 0.1) is 16.9 Å². The lowest BCUT2D eigenvalue weighted by Gasteiger charge is -2.37. The average Bonchev–Trinajstić information content (AvgIpc) is 2.58. The Balaban J connectivity index is 2.35. The zero-order valence-corrected chi connectivity index (χ0v) is 15.7. The van der Waals surface area contributed by atoms with Crippen LogP contribution in [0.25, 0.3) is 16.6 Å². The molecule has 1 aromatic carbocycles.